The maximum atomic E-state index is 11.7. The number of amides is 1. The van der Waals surface area contributed by atoms with Crippen molar-refractivity contribution in [2.24, 2.45) is 5.14 Å². The average molecular weight is 300 g/mol. The van der Waals surface area contributed by atoms with Gasteiger partial charge in [-0.2, -0.15) is 0 Å². The van der Waals surface area contributed by atoms with Crippen LogP contribution in [0.2, 0.25) is 0 Å². The molecule has 1 amide bonds. The van der Waals surface area contributed by atoms with Crippen LogP contribution in [-0.4, -0.2) is 33.2 Å². The van der Waals surface area contributed by atoms with Gasteiger partial charge in [0.1, 0.15) is 0 Å². The summed E-state index contributed by atoms with van der Waals surface area (Å²) in [7, 11) is -3.45. The number of nitrogen functional groups attached to an aromatic ring is 1. The number of carbonyl (C=O) groups excluding carboxylic acids is 1. The lowest BCUT2D eigenvalue weighted by Gasteiger charge is -2.11. The fraction of sp³-hybridized carbons (Fsp3) is 0.417. The Bertz CT molecular complexity index is 572. The number of primary sulfonamides is 1. The third kappa shape index (κ3) is 5.45. The van der Waals surface area contributed by atoms with Crippen LogP contribution in [0.4, 0.5) is 11.4 Å². The minimum absolute atomic E-state index is 0.101. The number of nitrogens with one attached hydrogen (secondary N) is 2. The Labute approximate surface area is 118 Å². The van der Waals surface area contributed by atoms with Gasteiger partial charge in [0.2, 0.25) is 10.0 Å². The second-order valence-corrected chi connectivity index (χ2v) is 6.04. The number of rotatable bonds is 7. The summed E-state index contributed by atoms with van der Waals surface area (Å²) in [5, 5.41) is 10.6. The van der Waals surface area contributed by atoms with Crippen LogP contribution in [0.3, 0.4) is 0 Å². The lowest BCUT2D eigenvalue weighted by atomic mass is 10.1. The Morgan fingerprint density at radius 3 is 2.65 bits per heavy atom. The monoisotopic (exact) mass is 300 g/mol. The molecule has 0 bridgehead atoms. The van der Waals surface area contributed by atoms with Crippen LogP contribution >= 0.6 is 0 Å². The smallest absolute Gasteiger partial charge is 0.251 e. The second kappa shape index (κ2) is 7.11. The lowest BCUT2D eigenvalue weighted by Crippen LogP contribution is -2.23. The first-order valence-corrected chi connectivity index (χ1v) is 7.97. The molecule has 0 aliphatic carbocycles. The first-order valence-electron chi connectivity index (χ1n) is 6.25. The average Bonchev–Trinajstić information content (AvgIpc) is 2.35. The number of hydrogen-bond donors (Lipinski definition) is 4. The number of hydrogen-bond acceptors (Lipinski definition) is 5. The van der Waals surface area contributed by atoms with Crippen molar-refractivity contribution in [3.8, 4) is 0 Å². The first-order chi connectivity index (χ1) is 9.33. The number of carbonyl (C=O) groups is 1. The number of sulfonamides is 1. The highest BCUT2D eigenvalue weighted by molar-refractivity contribution is 7.89. The molecule has 0 radical (unpaired) electrons. The lowest BCUT2D eigenvalue weighted by molar-refractivity contribution is 0.0956. The summed E-state index contributed by atoms with van der Waals surface area (Å²) in [6, 6.07) is 4.90. The molecule has 8 heteroatoms. The maximum absolute atomic E-state index is 11.7. The topological polar surface area (TPSA) is 127 Å². The van der Waals surface area contributed by atoms with E-state index in [9.17, 15) is 13.2 Å². The normalized spacial score (nSPS) is 11.1. The van der Waals surface area contributed by atoms with Crippen molar-refractivity contribution in [3.63, 3.8) is 0 Å². The molecule has 0 aliphatic rings. The second-order valence-electron chi connectivity index (χ2n) is 4.31. The van der Waals surface area contributed by atoms with E-state index in [-0.39, 0.29) is 11.7 Å². The van der Waals surface area contributed by atoms with Gasteiger partial charge >= 0.3 is 0 Å². The molecule has 0 aliphatic heterocycles. The molecule has 0 heterocycles. The Balaban J connectivity index is 2.65. The van der Waals surface area contributed by atoms with Gasteiger partial charge in [-0.15, -0.1) is 0 Å². The molecule has 1 rings (SSSR count). The molecule has 20 heavy (non-hydrogen) atoms. The Morgan fingerprint density at radius 2 is 2.05 bits per heavy atom. The van der Waals surface area contributed by atoms with E-state index < -0.39 is 10.0 Å². The molecule has 1 aromatic carbocycles. The van der Waals surface area contributed by atoms with Crippen molar-refractivity contribution in [3.05, 3.63) is 23.8 Å². The molecular weight excluding hydrogens is 280 g/mol. The van der Waals surface area contributed by atoms with E-state index in [1.165, 1.54) is 0 Å². The zero-order valence-electron chi connectivity index (χ0n) is 11.3. The predicted octanol–water partition coefficient (Wildman–Crippen LogP) is 0.109. The molecule has 0 unspecified atom stereocenters. The number of nitrogens with two attached hydrogens (primary N) is 2. The van der Waals surface area contributed by atoms with Gasteiger partial charge in [-0.1, -0.05) is 0 Å². The van der Waals surface area contributed by atoms with E-state index >= 15 is 0 Å². The van der Waals surface area contributed by atoms with Crippen LogP contribution in [0.25, 0.3) is 0 Å². The molecule has 0 spiro atoms. The van der Waals surface area contributed by atoms with E-state index in [0.717, 1.165) is 0 Å². The third-order valence-corrected chi connectivity index (χ3v) is 3.43. The van der Waals surface area contributed by atoms with Crippen LogP contribution in [0.5, 0.6) is 0 Å². The summed E-state index contributed by atoms with van der Waals surface area (Å²) in [5.74, 6) is -0.282. The molecule has 0 atom stereocenters. The van der Waals surface area contributed by atoms with Crippen molar-refractivity contribution in [1.29, 1.82) is 0 Å². The molecule has 1 aromatic rings. The van der Waals surface area contributed by atoms with E-state index in [4.69, 9.17) is 10.9 Å². The number of benzene rings is 1. The molecule has 0 fully saturated rings. The van der Waals surface area contributed by atoms with Crippen molar-refractivity contribution >= 4 is 27.3 Å². The van der Waals surface area contributed by atoms with Gasteiger partial charge in [-0.05, 0) is 31.5 Å². The van der Waals surface area contributed by atoms with Crippen LogP contribution < -0.4 is 21.5 Å². The van der Waals surface area contributed by atoms with Gasteiger partial charge in [0.05, 0.1) is 17.1 Å². The van der Waals surface area contributed by atoms with Gasteiger partial charge in [-0.3, -0.25) is 4.79 Å². The van der Waals surface area contributed by atoms with Crippen molar-refractivity contribution in [2.45, 2.75) is 13.3 Å². The van der Waals surface area contributed by atoms with Crippen LogP contribution in [0.1, 0.15) is 23.7 Å². The quantitative estimate of drug-likeness (QED) is 0.420. The fourth-order valence-corrected chi connectivity index (χ4v) is 2.16. The highest BCUT2D eigenvalue weighted by Gasteiger charge is 2.08. The van der Waals surface area contributed by atoms with Gasteiger partial charge in [0.25, 0.3) is 5.91 Å². The van der Waals surface area contributed by atoms with Gasteiger partial charge in [0, 0.05) is 18.7 Å². The van der Waals surface area contributed by atoms with E-state index in [1.807, 2.05) is 6.92 Å². The molecule has 0 saturated carbocycles. The summed E-state index contributed by atoms with van der Waals surface area (Å²) >= 11 is 0. The van der Waals surface area contributed by atoms with E-state index in [1.54, 1.807) is 18.2 Å². The minimum Gasteiger partial charge on any atom is -0.397 e. The van der Waals surface area contributed by atoms with Gasteiger partial charge in [0.15, 0.2) is 0 Å². The summed E-state index contributed by atoms with van der Waals surface area (Å²) in [6.07, 6.45) is 0.365. The fourth-order valence-electron chi connectivity index (χ4n) is 1.61. The van der Waals surface area contributed by atoms with Crippen LogP contribution in [-0.2, 0) is 10.0 Å². The van der Waals surface area contributed by atoms with Crippen molar-refractivity contribution < 1.29 is 13.2 Å². The standard InChI is InChI=1S/C12H20N4O3S/c1-2-15-12(17)9-4-5-10(13)11(8-9)16-6-3-7-20(14,18)19/h4-5,8,16H,2-3,6-7,13H2,1H3,(H,15,17)(H2,14,18,19). The molecule has 0 aromatic heterocycles. The Kier molecular flexibility index (Phi) is 5.78. The maximum Gasteiger partial charge on any atom is 0.251 e. The molecule has 112 valence electrons. The Morgan fingerprint density at radius 1 is 1.35 bits per heavy atom. The number of anilines is 2. The van der Waals surface area contributed by atoms with Crippen molar-refractivity contribution in [1.82, 2.24) is 5.32 Å². The van der Waals surface area contributed by atoms with E-state index in [0.29, 0.717) is 36.4 Å². The van der Waals surface area contributed by atoms with Crippen LogP contribution in [0.15, 0.2) is 18.2 Å². The SMILES string of the molecule is CCNC(=O)c1ccc(N)c(NCCCS(N)(=O)=O)c1. The summed E-state index contributed by atoms with van der Waals surface area (Å²) < 4.78 is 21.6. The highest BCUT2D eigenvalue weighted by Crippen LogP contribution is 2.20. The van der Waals surface area contributed by atoms with Crippen molar-refractivity contribution in [2.75, 3.05) is 29.9 Å². The highest BCUT2D eigenvalue weighted by atomic mass is 32.2. The van der Waals surface area contributed by atoms with Gasteiger partial charge < -0.3 is 16.4 Å². The summed E-state index contributed by atoms with van der Waals surface area (Å²) in [4.78, 5) is 11.7. The largest absolute Gasteiger partial charge is 0.397 e. The third-order valence-electron chi connectivity index (χ3n) is 2.57. The summed E-state index contributed by atoms with van der Waals surface area (Å²) in [6.45, 7) is 2.78. The molecule has 6 N–H and O–H groups in total. The molecule has 0 saturated heterocycles. The molecule has 7 nitrogen and oxygen atoms in total. The van der Waals surface area contributed by atoms with Crippen LogP contribution in [0, 0.1) is 0 Å². The molecular formula is C12H20N4O3S. The van der Waals surface area contributed by atoms with E-state index in [2.05, 4.69) is 10.6 Å². The van der Waals surface area contributed by atoms with Gasteiger partial charge in [-0.25, -0.2) is 13.6 Å². The minimum atomic E-state index is -3.45. The summed E-state index contributed by atoms with van der Waals surface area (Å²) in [5.41, 5.74) is 7.38. The Hall–Kier alpha value is -1.80. The predicted molar refractivity (Wildman–Crippen MR) is 79.9 cm³/mol. The first kappa shape index (κ1) is 16.3. The zero-order chi connectivity index (χ0) is 15.2. The zero-order valence-corrected chi connectivity index (χ0v) is 12.2.